The Morgan fingerprint density at radius 1 is 1.29 bits per heavy atom. The summed E-state index contributed by atoms with van der Waals surface area (Å²) in [6.07, 6.45) is 1.83. The number of aliphatic hydroxyl groups is 1. The van der Waals surface area contributed by atoms with Crippen LogP contribution in [0.3, 0.4) is 0 Å². The Labute approximate surface area is 189 Å². The summed E-state index contributed by atoms with van der Waals surface area (Å²) in [5.41, 5.74) is 0.898. The Morgan fingerprint density at radius 3 is 2.54 bits per heavy atom. The van der Waals surface area contributed by atoms with Gasteiger partial charge in [-0.25, -0.2) is 9.98 Å². The van der Waals surface area contributed by atoms with Gasteiger partial charge >= 0.3 is 0 Å². The number of furan rings is 1. The van der Waals surface area contributed by atoms with Gasteiger partial charge in [-0.1, -0.05) is 6.92 Å². The summed E-state index contributed by atoms with van der Waals surface area (Å²) < 4.78 is 5.54. The number of aryl methyl sites for hydroxylation is 4. The third-order valence-electron chi connectivity index (χ3n) is 4.41. The fraction of sp³-hybridized carbons (Fsp3) is 0.600. The molecule has 28 heavy (non-hydrogen) atoms. The van der Waals surface area contributed by atoms with Gasteiger partial charge < -0.3 is 20.2 Å². The lowest BCUT2D eigenvalue weighted by Gasteiger charge is -2.21. The van der Waals surface area contributed by atoms with Gasteiger partial charge in [0.1, 0.15) is 17.1 Å². The Hall–Kier alpha value is -1.13. The summed E-state index contributed by atoms with van der Waals surface area (Å²) in [6.45, 7) is 13.5. The lowest BCUT2D eigenvalue weighted by Crippen LogP contribution is -2.39. The molecule has 2 aromatic heterocycles. The molecule has 0 saturated heterocycles. The average Bonchev–Trinajstić information content (AvgIpc) is 3.14. The standard InChI is InChI=1S/C20H32N4O2S.HI/c1-7-17-15(5)27-18(24-17)9-10-22-19(21-8-2)23-12-20(6,25)16-11-13(3)26-14(16)4;/h11,25H,7-10,12H2,1-6H3,(H2,21,22,23);1H. The summed E-state index contributed by atoms with van der Waals surface area (Å²) in [7, 11) is 0. The molecular formula is C20H33IN4O2S. The molecule has 0 aliphatic carbocycles. The number of guanidine groups is 1. The van der Waals surface area contributed by atoms with E-state index in [0.717, 1.165) is 48.0 Å². The van der Waals surface area contributed by atoms with Gasteiger partial charge in [0.2, 0.25) is 0 Å². The van der Waals surface area contributed by atoms with Crippen molar-refractivity contribution >= 4 is 41.3 Å². The van der Waals surface area contributed by atoms with Crippen LogP contribution >= 0.6 is 35.3 Å². The molecule has 158 valence electrons. The molecular weight excluding hydrogens is 487 g/mol. The molecule has 0 aliphatic rings. The first-order valence-corrected chi connectivity index (χ1v) is 10.4. The van der Waals surface area contributed by atoms with Crippen molar-refractivity contribution in [2.24, 2.45) is 4.99 Å². The van der Waals surface area contributed by atoms with E-state index in [9.17, 15) is 5.11 Å². The highest BCUT2D eigenvalue weighted by molar-refractivity contribution is 14.0. The third kappa shape index (κ3) is 6.73. The normalized spacial score (nSPS) is 13.8. The molecule has 2 rings (SSSR count). The predicted molar refractivity (Wildman–Crippen MR) is 127 cm³/mol. The summed E-state index contributed by atoms with van der Waals surface area (Å²) in [5.74, 6) is 2.22. The number of hydrogen-bond donors (Lipinski definition) is 3. The van der Waals surface area contributed by atoms with Crippen molar-refractivity contribution in [3.05, 3.63) is 38.7 Å². The van der Waals surface area contributed by atoms with E-state index in [-0.39, 0.29) is 30.5 Å². The summed E-state index contributed by atoms with van der Waals surface area (Å²) in [5, 5.41) is 18.5. The van der Waals surface area contributed by atoms with Crippen LogP contribution in [0.5, 0.6) is 0 Å². The van der Waals surface area contributed by atoms with Crippen LogP contribution < -0.4 is 10.6 Å². The number of rotatable bonds is 8. The minimum atomic E-state index is -1.08. The predicted octanol–water partition coefficient (Wildman–Crippen LogP) is 3.85. The monoisotopic (exact) mass is 520 g/mol. The van der Waals surface area contributed by atoms with Crippen LogP contribution in [0.1, 0.15) is 53.4 Å². The van der Waals surface area contributed by atoms with Crippen molar-refractivity contribution in [2.75, 3.05) is 19.6 Å². The van der Waals surface area contributed by atoms with Crippen LogP contribution in [0.15, 0.2) is 15.5 Å². The van der Waals surface area contributed by atoms with Crippen molar-refractivity contribution in [3.8, 4) is 0 Å². The summed E-state index contributed by atoms with van der Waals surface area (Å²) in [6, 6.07) is 1.88. The number of aromatic nitrogens is 1. The first kappa shape index (κ1) is 24.9. The molecule has 3 N–H and O–H groups in total. The van der Waals surface area contributed by atoms with Gasteiger partial charge in [-0.3, -0.25) is 0 Å². The second kappa shape index (κ2) is 11.2. The van der Waals surface area contributed by atoms with Crippen LogP contribution in [0, 0.1) is 20.8 Å². The molecule has 0 saturated carbocycles. The second-order valence-electron chi connectivity index (χ2n) is 6.94. The van der Waals surface area contributed by atoms with Crippen LogP contribution in [0.4, 0.5) is 0 Å². The zero-order valence-corrected chi connectivity index (χ0v) is 20.8. The Bertz CT molecular complexity index is 783. The lowest BCUT2D eigenvalue weighted by atomic mass is 9.96. The van der Waals surface area contributed by atoms with Gasteiger partial charge in [0.05, 0.1) is 17.2 Å². The number of aliphatic imine (C=N–C) groups is 1. The zero-order chi connectivity index (χ0) is 20.0. The van der Waals surface area contributed by atoms with Crippen LogP contribution in [-0.4, -0.2) is 35.7 Å². The molecule has 1 atom stereocenters. The summed E-state index contributed by atoms with van der Waals surface area (Å²) >= 11 is 1.76. The Balaban J connectivity index is 0.00000392. The number of nitrogens with one attached hydrogen (secondary N) is 2. The Kier molecular flexibility index (Phi) is 9.92. The van der Waals surface area contributed by atoms with E-state index in [1.54, 1.807) is 18.3 Å². The van der Waals surface area contributed by atoms with Gasteiger partial charge in [-0.2, -0.15) is 0 Å². The SMILES string of the molecule is CCNC(=NCC(C)(O)c1cc(C)oc1C)NCCc1nc(CC)c(C)s1.I. The highest BCUT2D eigenvalue weighted by Crippen LogP contribution is 2.27. The van der Waals surface area contributed by atoms with E-state index in [4.69, 9.17) is 4.42 Å². The quantitative estimate of drug-likeness (QED) is 0.280. The van der Waals surface area contributed by atoms with Crippen molar-refractivity contribution < 1.29 is 9.52 Å². The van der Waals surface area contributed by atoms with Crippen LogP contribution in [0.2, 0.25) is 0 Å². The van der Waals surface area contributed by atoms with Gasteiger partial charge in [0.25, 0.3) is 0 Å². The van der Waals surface area contributed by atoms with Crippen molar-refractivity contribution in [1.29, 1.82) is 0 Å². The highest BCUT2D eigenvalue weighted by atomic mass is 127. The number of hydrogen-bond acceptors (Lipinski definition) is 5. The second-order valence-corrected chi connectivity index (χ2v) is 8.22. The van der Waals surface area contributed by atoms with E-state index in [2.05, 4.69) is 34.5 Å². The molecule has 1 unspecified atom stereocenters. The highest BCUT2D eigenvalue weighted by Gasteiger charge is 2.27. The molecule has 8 heteroatoms. The molecule has 0 radical (unpaired) electrons. The third-order valence-corrected chi connectivity index (χ3v) is 5.49. The maximum Gasteiger partial charge on any atom is 0.191 e. The van der Waals surface area contributed by atoms with Gasteiger partial charge in [0, 0.05) is 30.0 Å². The van der Waals surface area contributed by atoms with E-state index < -0.39 is 5.60 Å². The smallest absolute Gasteiger partial charge is 0.191 e. The van der Waals surface area contributed by atoms with E-state index >= 15 is 0 Å². The largest absolute Gasteiger partial charge is 0.466 e. The minimum Gasteiger partial charge on any atom is -0.466 e. The topological polar surface area (TPSA) is 82.7 Å². The van der Waals surface area contributed by atoms with Crippen molar-refractivity contribution in [3.63, 3.8) is 0 Å². The summed E-state index contributed by atoms with van der Waals surface area (Å²) in [4.78, 5) is 10.5. The first-order chi connectivity index (χ1) is 12.8. The Morgan fingerprint density at radius 2 is 2.00 bits per heavy atom. The average molecular weight is 520 g/mol. The first-order valence-electron chi connectivity index (χ1n) is 9.54. The molecule has 0 spiro atoms. The van der Waals surface area contributed by atoms with Gasteiger partial charge in [-0.05, 0) is 47.1 Å². The maximum atomic E-state index is 10.8. The maximum absolute atomic E-state index is 10.8. The van der Waals surface area contributed by atoms with Crippen LogP contribution in [0.25, 0.3) is 0 Å². The number of nitrogens with zero attached hydrogens (tertiary/aromatic N) is 2. The molecule has 0 fully saturated rings. The van der Waals surface area contributed by atoms with E-state index in [0.29, 0.717) is 5.96 Å². The fourth-order valence-corrected chi connectivity index (χ4v) is 4.06. The van der Waals surface area contributed by atoms with Crippen LogP contribution in [-0.2, 0) is 18.4 Å². The number of halogens is 1. The van der Waals surface area contributed by atoms with E-state index in [1.165, 1.54) is 10.6 Å². The van der Waals surface area contributed by atoms with E-state index in [1.807, 2.05) is 26.8 Å². The van der Waals surface area contributed by atoms with Gasteiger partial charge in [-0.15, -0.1) is 35.3 Å². The molecule has 0 bridgehead atoms. The molecule has 2 heterocycles. The van der Waals surface area contributed by atoms with Crippen molar-refractivity contribution in [1.82, 2.24) is 15.6 Å². The zero-order valence-electron chi connectivity index (χ0n) is 17.7. The lowest BCUT2D eigenvalue weighted by molar-refractivity contribution is 0.0657. The molecule has 0 aromatic carbocycles. The molecule has 6 nitrogen and oxygen atoms in total. The number of thiazole rings is 1. The molecule has 0 amide bonds. The fourth-order valence-electron chi connectivity index (χ4n) is 3.04. The molecule has 2 aromatic rings. The minimum absolute atomic E-state index is 0. The van der Waals surface area contributed by atoms with Gasteiger partial charge in [0.15, 0.2) is 5.96 Å². The van der Waals surface area contributed by atoms with Crippen molar-refractivity contribution in [2.45, 2.75) is 60.0 Å². The molecule has 0 aliphatic heterocycles.